The monoisotopic (exact) mass is 394 g/mol. The number of aromatic nitrogens is 1. The largest absolute Gasteiger partial charge is 0.474 e. The molecule has 1 aromatic rings. The number of ether oxygens (including phenoxy) is 4. The van der Waals surface area contributed by atoms with Crippen molar-refractivity contribution in [2.45, 2.75) is 44.5 Å². The summed E-state index contributed by atoms with van der Waals surface area (Å²) in [5.41, 5.74) is -0.511. The average Bonchev–Trinajstić information content (AvgIpc) is 2.59. The number of nitrogens with zero attached hydrogens (tertiary/aromatic N) is 2. The van der Waals surface area contributed by atoms with Crippen LogP contribution >= 0.6 is 11.8 Å². The molecule has 0 spiro atoms. The molecule has 0 N–H and O–H groups in total. The van der Waals surface area contributed by atoms with Crippen LogP contribution in [0.5, 0.6) is 5.75 Å². The van der Waals surface area contributed by atoms with Crippen LogP contribution in [0.2, 0.25) is 0 Å². The summed E-state index contributed by atoms with van der Waals surface area (Å²) >= 11 is 1.24. The van der Waals surface area contributed by atoms with Crippen LogP contribution in [0.1, 0.15) is 26.5 Å². The summed E-state index contributed by atoms with van der Waals surface area (Å²) in [6.45, 7) is 3.66. The van der Waals surface area contributed by atoms with Gasteiger partial charge in [-0.15, -0.1) is 11.8 Å². The van der Waals surface area contributed by atoms with Crippen LogP contribution in [0.15, 0.2) is 18.3 Å². The first-order chi connectivity index (χ1) is 12.8. The molecule has 2 heterocycles. The molecule has 0 unspecified atom stereocenters. The van der Waals surface area contributed by atoms with E-state index in [1.807, 2.05) is 6.07 Å². The summed E-state index contributed by atoms with van der Waals surface area (Å²) < 4.78 is 21.6. The van der Waals surface area contributed by atoms with Gasteiger partial charge in [0.1, 0.15) is 17.5 Å². The molecule has 2 rings (SSSR count). The Labute approximate surface area is 159 Å². The van der Waals surface area contributed by atoms with Gasteiger partial charge in [0.05, 0.1) is 6.20 Å². The number of hydrogen-bond donors (Lipinski definition) is 0. The van der Waals surface area contributed by atoms with Crippen LogP contribution in [-0.2, 0) is 28.6 Å². The molecule has 0 aliphatic carbocycles. The molecule has 0 radical (unpaired) electrons. The third-order valence-electron chi connectivity index (χ3n) is 3.41. The van der Waals surface area contributed by atoms with Crippen LogP contribution in [0, 0.1) is 11.3 Å². The minimum Gasteiger partial charge on any atom is -0.474 e. The van der Waals surface area contributed by atoms with Gasteiger partial charge in [-0.1, -0.05) is 0 Å². The SMILES string of the molecule is CC(=O)O[C@@H]1[C@@H](OC(C)=O)[C@@H](Oc2ccc(C#N)nc2)SC[C@H]1OC(C)=O. The van der Waals surface area contributed by atoms with Crippen molar-refractivity contribution in [2.24, 2.45) is 0 Å². The van der Waals surface area contributed by atoms with E-state index in [2.05, 4.69) is 4.98 Å². The van der Waals surface area contributed by atoms with Crippen LogP contribution in [0.4, 0.5) is 0 Å². The highest BCUT2D eigenvalue weighted by atomic mass is 32.2. The highest BCUT2D eigenvalue weighted by Crippen LogP contribution is 2.34. The second-order valence-electron chi connectivity index (χ2n) is 5.61. The predicted octanol–water partition coefficient (Wildman–Crippen LogP) is 1.20. The number of carbonyl (C=O) groups is 3. The van der Waals surface area contributed by atoms with Crippen molar-refractivity contribution in [3.63, 3.8) is 0 Å². The van der Waals surface area contributed by atoms with Crippen LogP contribution in [0.25, 0.3) is 0 Å². The Morgan fingerprint density at radius 3 is 2.22 bits per heavy atom. The van der Waals surface area contributed by atoms with E-state index in [9.17, 15) is 14.4 Å². The van der Waals surface area contributed by atoms with Gasteiger partial charge in [0.25, 0.3) is 0 Å². The molecule has 1 saturated heterocycles. The van der Waals surface area contributed by atoms with E-state index in [1.165, 1.54) is 44.8 Å². The molecule has 1 aliphatic heterocycles. The highest BCUT2D eigenvalue weighted by Gasteiger charge is 2.47. The lowest BCUT2D eigenvalue weighted by Crippen LogP contribution is -2.55. The zero-order valence-corrected chi connectivity index (χ0v) is 15.7. The normalized spacial score (nSPS) is 24.2. The number of carbonyl (C=O) groups excluding carboxylic acids is 3. The minimum atomic E-state index is -1.02. The maximum absolute atomic E-state index is 11.6. The molecule has 144 valence electrons. The summed E-state index contributed by atoms with van der Waals surface area (Å²) in [6.07, 6.45) is -1.46. The van der Waals surface area contributed by atoms with Crippen LogP contribution in [-0.4, -0.2) is 52.4 Å². The second kappa shape index (κ2) is 9.23. The van der Waals surface area contributed by atoms with Crippen molar-refractivity contribution in [2.75, 3.05) is 5.75 Å². The standard InChI is InChI=1S/C17H18N2O7S/c1-9(20)23-14-8-27-17(26-13-5-4-12(6-18)19-7-13)16(25-11(3)22)15(14)24-10(2)21/h4-5,7,14-17H,8H2,1-3H3/t14-,15+,16-,17+/m1/s1. The molecule has 10 heteroatoms. The highest BCUT2D eigenvalue weighted by molar-refractivity contribution is 7.99. The number of thioether (sulfide) groups is 1. The van der Waals surface area contributed by atoms with Gasteiger partial charge in [0.15, 0.2) is 23.7 Å². The zero-order valence-electron chi connectivity index (χ0n) is 14.9. The molecule has 0 amide bonds. The summed E-state index contributed by atoms with van der Waals surface area (Å²) in [7, 11) is 0. The molecular weight excluding hydrogens is 376 g/mol. The lowest BCUT2D eigenvalue weighted by Gasteiger charge is -2.39. The zero-order chi connectivity index (χ0) is 20.0. The fraction of sp³-hybridized carbons (Fsp3) is 0.471. The molecule has 0 bridgehead atoms. The van der Waals surface area contributed by atoms with Crippen molar-refractivity contribution in [1.29, 1.82) is 5.26 Å². The van der Waals surface area contributed by atoms with E-state index in [0.717, 1.165) is 0 Å². The van der Waals surface area contributed by atoms with Gasteiger partial charge in [-0.05, 0) is 12.1 Å². The number of rotatable bonds is 5. The quantitative estimate of drug-likeness (QED) is 0.531. The average molecular weight is 394 g/mol. The lowest BCUT2D eigenvalue weighted by molar-refractivity contribution is -0.186. The third kappa shape index (κ3) is 5.86. The maximum Gasteiger partial charge on any atom is 0.303 e. The van der Waals surface area contributed by atoms with Gasteiger partial charge in [-0.25, -0.2) is 4.98 Å². The van der Waals surface area contributed by atoms with Gasteiger partial charge < -0.3 is 18.9 Å². The topological polar surface area (TPSA) is 125 Å². The van der Waals surface area contributed by atoms with Crippen molar-refractivity contribution in [1.82, 2.24) is 4.98 Å². The minimum absolute atomic E-state index is 0.225. The van der Waals surface area contributed by atoms with Crippen LogP contribution in [0.3, 0.4) is 0 Å². The van der Waals surface area contributed by atoms with E-state index in [0.29, 0.717) is 5.75 Å². The van der Waals surface area contributed by atoms with E-state index < -0.39 is 41.7 Å². The Kier molecular flexibility index (Phi) is 7.01. The molecule has 0 aromatic carbocycles. The molecule has 0 saturated carbocycles. The Balaban J connectivity index is 2.26. The number of nitriles is 1. The van der Waals surface area contributed by atoms with Crippen molar-refractivity contribution < 1.29 is 33.3 Å². The molecule has 1 aliphatic rings. The Hall–Kier alpha value is -2.80. The van der Waals surface area contributed by atoms with E-state index in [1.54, 1.807) is 6.07 Å². The first-order valence-corrected chi connectivity index (χ1v) is 9.01. The van der Waals surface area contributed by atoms with E-state index in [-0.39, 0.29) is 11.4 Å². The molecule has 27 heavy (non-hydrogen) atoms. The van der Waals surface area contributed by atoms with E-state index >= 15 is 0 Å². The Morgan fingerprint density at radius 1 is 1.07 bits per heavy atom. The van der Waals surface area contributed by atoms with E-state index in [4.69, 9.17) is 24.2 Å². The Morgan fingerprint density at radius 2 is 1.70 bits per heavy atom. The van der Waals surface area contributed by atoms with Crippen molar-refractivity contribution in [3.8, 4) is 11.8 Å². The fourth-order valence-corrected chi connectivity index (χ4v) is 3.68. The molecule has 1 aromatic heterocycles. The summed E-state index contributed by atoms with van der Waals surface area (Å²) in [5, 5.41) is 8.81. The number of esters is 3. The maximum atomic E-state index is 11.6. The second-order valence-corrected chi connectivity index (χ2v) is 6.74. The fourth-order valence-electron chi connectivity index (χ4n) is 2.46. The summed E-state index contributed by atoms with van der Waals surface area (Å²) in [5.74, 6) is -1.15. The van der Waals surface area contributed by atoms with Gasteiger partial charge in [-0.2, -0.15) is 5.26 Å². The third-order valence-corrected chi connectivity index (χ3v) is 4.62. The number of hydrogen-bond acceptors (Lipinski definition) is 10. The van der Waals surface area contributed by atoms with Gasteiger partial charge >= 0.3 is 17.9 Å². The van der Waals surface area contributed by atoms with Crippen molar-refractivity contribution >= 4 is 29.7 Å². The Bertz CT molecular complexity index is 747. The first kappa shape index (κ1) is 20.5. The molecule has 1 fully saturated rings. The van der Waals surface area contributed by atoms with Crippen molar-refractivity contribution in [3.05, 3.63) is 24.0 Å². The number of pyridine rings is 1. The molecule has 9 nitrogen and oxygen atoms in total. The smallest absolute Gasteiger partial charge is 0.303 e. The molecule has 4 atom stereocenters. The first-order valence-electron chi connectivity index (χ1n) is 7.96. The van der Waals surface area contributed by atoms with Gasteiger partial charge in [0.2, 0.25) is 0 Å². The predicted molar refractivity (Wildman–Crippen MR) is 92.5 cm³/mol. The van der Waals surface area contributed by atoms with Crippen LogP contribution < -0.4 is 4.74 Å². The summed E-state index contributed by atoms with van der Waals surface area (Å²) in [6, 6.07) is 4.93. The summed E-state index contributed by atoms with van der Waals surface area (Å²) in [4.78, 5) is 38.4. The van der Waals surface area contributed by atoms with Gasteiger partial charge in [-0.3, -0.25) is 14.4 Å². The lowest BCUT2D eigenvalue weighted by atomic mass is 10.1. The van der Waals surface area contributed by atoms with Gasteiger partial charge in [0, 0.05) is 26.5 Å². The molecular formula is C17H18N2O7S.